The monoisotopic (exact) mass is 221 g/mol. The fraction of sp³-hybridized carbons (Fsp3) is 0.333. The van der Waals surface area contributed by atoms with Crippen molar-refractivity contribution in [1.29, 1.82) is 0 Å². The summed E-state index contributed by atoms with van der Waals surface area (Å²) in [6.07, 6.45) is 4.60. The van der Waals surface area contributed by atoms with Crippen LogP contribution in [-0.2, 0) is 6.42 Å². The largest absolute Gasteiger partial charge is 0.472 e. The molecule has 1 atom stereocenters. The summed E-state index contributed by atoms with van der Waals surface area (Å²) in [4.78, 5) is 0. The van der Waals surface area contributed by atoms with Crippen molar-refractivity contribution in [2.24, 2.45) is 0 Å². The number of rotatable bonds is 5. The molecule has 0 amide bonds. The molecule has 2 nitrogen and oxygen atoms in total. The van der Waals surface area contributed by atoms with Gasteiger partial charge >= 0.3 is 0 Å². The minimum absolute atomic E-state index is 0.363. The van der Waals surface area contributed by atoms with E-state index in [-0.39, 0.29) is 0 Å². The van der Waals surface area contributed by atoms with Crippen LogP contribution in [0.15, 0.2) is 39.8 Å². The molecular weight excluding hydrogens is 206 g/mol. The van der Waals surface area contributed by atoms with Crippen molar-refractivity contribution in [2.75, 3.05) is 6.54 Å². The Labute approximate surface area is 93.9 Å². The van der Waals surface area contributed by atoms with Gasteiger partial charge in [0, 0.05) is 11.6 Å². The Bertz CT molecular complexity index is 366. The maximum absolute atomic E-state index is 5.05. The average Bonchev–Trinajstić information content (AvgIpc) is 2.90. The highest BCUT2D eigenvalue weighted by Crippen LogP contribution is 2.12. The summed E-state index contributed by atoms with van der Waals surface area (Å²) < 4.78 is 5.05. The van der Waals surface area contributed by atoms with Crippen LogP contribution in [0.1, 0.15) is 24.1 Å². The van der Waals surface area contributed by atoms with Gasteiger partial charge in [0.1, 0.15) is 0 Å². The van der Waals surface area contributed by atoms with Gasteiger partial charge < -0.3 is 9.73 Å². The first kappa shape index (κ1) is 10.5. The Morgan fingerprint density at radius 1 is 1.47 bits per heavy atom. The highest BCUT2D eigenvalue weighted by molar-refractivity contribution is 7.07. The van der Waals surface area contributed by atoms with Gasteiger partial charge in [0.05, 0.1) is 12.5 Å². The molecular formula is C12H15NOS. The Morgan fingerprint density at radius 3 is 3.07 bits per heavy atom. The third kappa shape index (κ3) is 2.94. The van der Waals surface area contributed by atoms with Crippen molar-refractivity contribution in [3.8, 4) is 0 Å². The summed E-state index contributed by atoms with van der Waals surface area (Å²) in [5.41, 5.74) is 2.62. The Kier molecular flexibility index (Phi) is 3.59. The molecule has 15 heavy (non-hydrogen) atoms. The highest BCUT2D eigenvalue weighted by Gasteiger charge is 2.04. The molecule has 0 fully saturated rings. The fourth-order valence-corrected chi connectivity index (χ4v) is 2.21. The number of furan rings is 1. The van der Waals surface area contributed by atoms with Gasteiger partial charge in [0.2, 0.25) is 0 Å². The molecule has 3 heteroatoms. The summed E-state index contributed by atoms with van der Waals surface area (Å²) in [6.45, 7) is 3.15. The fourth-order valence-electron chi connectivity index (χ4n) is 1.51. The van der Waals surface area contributed by atoms with Crippen LogP contribution in [0.3, 0.4) is 0 Å². The topological polar surface area (TPSA) is 25.2 Å². The van der Waals surface area contributed by atoms with Crippen molar-refractivity contribution in [3.05, 3.63) is 46.5 Å². The lowest BCUT2D eigenvalue weighted by atomic mass is 10.1. The predicted molar refractivity (Wildman–Crippen MR) is 63.1 cm³/mol. The standard InChI is InChI=1S/C12H15NOS/c1-10(12-3-6-14-8-12)13-5-2-11-4-7-15-9-11/h3-4,6-10,13H,2,5H2,1H3. The van der Waals surface area contributed by atoms with Crippen molar-refractivity contribution in [3.63, 3.8) is 0 Å². The molecule has 0 radical (unpaired) electrons. The molecule has 1 N–H and O–H groups in total. The van der Waals surface area contributed by atoms with E-state index in [1.165, 1.54) is 11.1 Å². The molecule has 0 spiro atoms. The van der Waals surface area contributed by atoms with Gasteiger partial charge in [-0.3, -0.25) is 0 Å². The van der Waals surface area contributed by atoms with Crippen molar-refractivity contribution in [1.82, 2.24) is 5.32 Å². The molecule has 0 saturated heterocycles. The first-order valence-corrected chi connectivity index (χ1v) is 6.07. The summed E-state index contributed by atoms with van der Waals surface area (Å²) in [6, 6.07) is 4.54. The smallest absolute Gasteiger partial charge is 0.0950 e. The van der Waals surface area contributed by atoms with Gasteiger partial charge in [0.15, 0.2) is 0 Å². The number of hydrogen-bond acceptors (Lipinski definition) is 3. The van der Waals surface area contributed by atoms with Gasteiger partial charge in [-0.05, 0) is 48.3 Å². The van der Waals surface area contributed by atoms with E-state index in [1.807, 2.05) is 6.07 Å². The summed E-state index contributed by atoms with van der Waals surface area (Å²) >= 11 is 1.75. The second-order valence-corrected chi connectivity index (χ2v) is 4.39. The van der Waals surface area contributed by atoms with E-state index in [2.05, 4.69) is 29.1 Å². The molecule has 1 unspecified atom stereocenters. The number of thiophene rings is 1. The summed E-state index contributed by atoms with van der Waals surface area (Å²) in [5, 5.41) is 7.79. The van der Waals surface area contributed by atoms with E-state index in [9.17, 15) is 0 Å². The molecule has 2 rings (SSSR count). The van der Waals surface area contributed by atoms with Crippen LogP contribution < -0.4 is 5.32 Å². The first-order chi connectivity index (χ1) is 7.36. The van der Waals surface area contributed by atoms with Crippen LogP contribution in [0.2, 0.25) is 0 Å². The molecule has 80 valence electrons. The maximum Gasteiger partial charge on any atom is 0.0950 e. The van der Waals surface area contributed by atoms with Gasteiger partial charge in [-0.1, -0.05) is 0 Å². The van der Waals surface area contributed by atoms with Crippen molar-refractivity contribution >= 4 is 11.3 Å². The van der Waals surface area contributed by atoms with Gasteiger partial charge in [-0.2, -0.15) is 11.3 Å². The lowest BCUT2D eigenvalue weighted by Crippen LogP contribution is -2.20. The average molecular weight is 221 g/mol. The maximum atomic E-state index is 5.05. The Morgan fingerprint density at radius 2 is 2.40 bits per heavy atom. The lowest BCUT2D eigenvalue weighted by molar-refractivity contribution is 0.540. The molecule has 0 saturated carbocycles. The third-order valence-electron chi connectivity index (χ3n) is 2.49. The van der Waals surface area contributed by atoms with Gasteiger partial charge in [-0.15, -0.1) is 0 Å². The third-order valence-corrected chi connectivity index (χ3v) is 3.22. The van der Waals surface area contributed by atoms with E-state index in [4.69, 9.17) is 4.42 Å². The van der Waals surface area contributed by atoms with E-state index in [0.29, 0.717) is 6.04 Å². The molecule has 0 aliphatic carbocycles. The van der Waals surface area contributed by atoms with Crippen LogP contribution in [0.4, 0.5) is 0 Å². The SMILES string of the molecule is CC(NCCc1ccsc1)c1ccoc1. The van der Waals surface area contributed by atoms with E-state index in [0.717, 1.165) is 13.0 Å². The number of nitrogens with one attached hydrogen (secondary N) is 1. The molecule has 0 aromatic carbocycles. The van der Waals surface area contributed by atoms with Crippen LogP contribution in [0.5, 0.6) is 0 Å². The van der Waals surface area contributed by atoms with E-state index >= 15 is 0 Å². The first-order valence-electron chi connectivity index (χ1n) is 5.13. The van der Waals surface area contributed by atoms with Crippen LogP contribution in [-0.4, -0.2) is 6.54 Å². The quantitative estimate of drug-likeness (QED) is 0.838. The van der Waals surface area contributed by atoms with Crippen molar-refractivity contribution in [2.45, 2.75) is 19.4 Å². The second kappa shape index (κ2) is 5.14. The highest BCUT2D eigenvalue weighted by atomic mass is 32.1. The second-order valence-electron chi connectivity index (χ2n) is 3.61. The zero-order valence-corrected chi connectivity index (χ0v) is 9.59. The van der Waals surface area contributed by atoms with Crippen LogP contribution >= 0.6 is 11.3 Å². The predicted octanol–water partition coefficient (Wildman–Crippen LogP) is 3.23. The zero-order valence-electron chi connectivity index (χ0n) is 8.77. The Hall–Kier alpha value is -1.06. The van der Waals surface area contributed by atoms with E-state index < -0.39 is 0 Å². The minimum Gasteiger partial charge on any atom is -0.472 e. The summed E-state index contributed by atoms with van der Waals surface area (Å²) in [5.74, 6) is 0. The Balaban J connectivity index is 1.74. The molecule has 0 aliphatic heterocycles. The van der Waals surface area contributed by atoms with Gasteiger partial charge in [0.25, 0.3) is 0 Å². The molecule has 0 aliphatic rings. The molecule has 2 aromatic rings. The van der Waals surface area contributed by atoms with Crippen molar-refractivity contribution < 1.29 is 4.42 Å². The molecule has 2 aromatic heterocycles. The zero-order chi connectivity index (χ0) is 10.5. The van der Waals surface area contributed by atoms with Crippen LogP contribution in [0, 0.1) is 0 Å². The number of hydrogen-bond donors (Lipinski definition) is 1. The summed E-state index contributed by atoms with van der Waals surface area (Å²) in [7, 11) is 0. The van der Waals surface area contributed by atoms with Gasteiger partial charge in [-0.25, -0.2) is 0 Å². The lowest BCUT2D eigenvalue weighted by Gasteiger charge is -2.10. The van der Waals surface area contributed by atoms with Crippen LogP contribution in [0.25, 0.3) is 0 Å². The van der Waals surface area contributed by atoms with E-state index in [1.54, 1.807) is 23.9 Å². The minimum atomic E-state index is 0.363. The molecule has 2 heterocycles. The molecule has 0 bridgehead atoms. The normalized spacial score (nSPS) is 12.9.